The topological polar surface area (TPSA) is 38.5 Å². The van der Waals surface area contributed by atoms with Gasteiger partial charge in [0.05, 0.1) is 6.10 Å². The number of rotatable bonds is 5. The van der Waals surface area contributed by atoms with E-state index in [9.17, 15) is 0 Å². The molecule has 0 aromatic heterocycles. The summed E-state index contributed by atoms with van der Waals surface area (Å²) in [6.45, 7) is 8.27. The van der Waals surface area contributed by atoms with Crippen LogP contribution in [0.4, 0.5) is 0 Å². The number of hydrogen-bond acceptors (Lipinski definition) is 3. The van der Waals surface area contributed by atoms with Gasteiger partial charge in [-0.15, -0.1) is 0 Å². The molecule has 1 aromatic rings. The van der Waals surface area contributed by atoms with Gasteiger partial charge in [-0.2, -0.15) is 0 Å². The summed E-state index contributed by atoms with van der Waals surface area (Å²) in [4.78, 5) is 2.58. The molecule has 3 heteroatoms. The molecule has 0 spiro atoms. The molecule has 1 fully saturated rings. The van der Waals surface area contributed by atoms with Crippen LogP contribution in [0, 0.1) is 0 Å². The monoisotopic (exact) mass is 290 g/mol. The maximum absolute atomic E-state index is 6.12. The first-order valence-corrected chi connectivity index (χ1v) is 8.34. The molecule has 3 nitrogen and oxygen atoms in total. The largest absolute Gasteiger partial charge is 0.491 e. The van der Waals surface area contributed by atoms with Crippen molar-refractivity contribution < 1.29 is 4.74 Å². The number of hydrogen-bond donors (Lipinski definition) is 1. The van der Waals surface area contributed by atoms with Gasteiger partial charge in [0.15, 0.2) is 0 Å². The van der Waals surface area contributed by atoms with E-state index in [1.54, 1.807) is 0 Å². The quantitative estimate of drug-likeness (QED) is 0.898. The molecule has 1 aliphatic heterocycles. The lowest BCUT2D eigenvalue weighted by Gasteiger charge is -2.35. The number of benzene rings is 1. The van der Waals surface area contributed by atoms with Crippen LogP contribution in [0.25, 0.3) is 0 Å². The van der Waals surface area contributed by atoms with Gasteiger partial charge in [0.2, 0.25) is 0 Å². The van der Waals surface area contributed by atoms with E-state index in [1.165, 1.54) is 31.2 Å². The maximum Gasteiger partial charge on any atom is 0.120 e. The third kappa shape index (κ3) is 4.45. The zero-order valence-electron chi connectivity index (χ0n) is 13.7. The molecule has 2 atom stereocenters. The molecule has 1 aliphatic rings. The molecule has 0 bridgehead atoms. The van der Waals surface area contributed by atoms with E-state index in [1.807, 2.05) is 6.07 Å². The second-order valence-electron chi connectivity index (χ2n) is 6.43. The Morgan fingerprint density at radius 1 is 1.29 bits per heavy atom. The summed E-state index contributed by atoms with van der Waals surface area (Å²) < 4.78 is 5.83. The van der Waals surface area contributed by atoms with Crippen LogP contribution in [-0.2, 0) is 0 Å². The van der Waals surface area contributed by atoms with Gasteiger partial charge >= 0.3 is 0 Å². The fraction of sp³-hybridized carbons (Fsp3) is 0.667. The number of nitrogens with zero attached hydrogens (tertiary/aromatic N) is 1. The Bertz CT molecular complexity index is 433. The van der Waals surface area contributed by atoms with Gasteiger partial charge < -0.3 is 10.5 Å². The molecule has 21 heavy (non-hydrogen) atoms. The molecular weight excluding hydrogens is 260 g/mol. The Labute approximate surface area is 129 Å². The van der Waals surface area contributed by atoms with E-state index < -0.39 is 0 Å². The van der Waals surface area contributed by atoms with Gasteiger partial charge in [-0.1, -0.05) is 25.0 Å². The summed E-state index contributed by atoms with van der Waals surface area (Å²) in [5.41, 5.74) is 7.40. The fourth-order valence-corrected chi connectivity index (χ4v) is 3.29. The molecule has 2 rings (SSSR count). The predicted octanol–water partition coefficient (Wildman–Crippen LogP) is 3.74. The van der Waals surface area contributed by atoms with Crippen LogP contribution in [0.1, 0.15) is 58.1 Å². The molecule has 118 valence electrons. The first-order valence-electron chi connectivity index (χ1n) is 8.34. The normalized spacial score (nSPS) is 22.0. The van der Waals surface area contributed by atoms with E-state index in [2.05, 4.69) is 43.9 Å². The van der Waals surface area contributed by atoms with Crippen LogP contribution in [-0.4, -0.2) is 30.1 Å². The molecule has 2 N–H and O–H groups in total. The van der Waals surface area contributed by atoms with Gasteiger partial charge in [-0.05, 0) is 57.9 Å². The molecular formula is C18H30N2O. The number of likely N-dealkylation sites (tertiary alicyclic amines) is 1. The molecule has 0 aliphatic carbocycles. The highest BCUT2D eigenvalue weighted by molar-refractivity contribution is 5.31. The lowest BCUT2D eigenvalue weighted by Crippen LogP contribution is -2.39. The molecule has 1 saturated heterocycles. The van der Waals surface area contributed by atoms with E-state index >= 15 is 0 Å². The van der Waals surface area contributed by atoms with E-state index in [4.69, 9.17) is 10.5 Å². The van der Waals surface area contributed by atoms with Crippen molar-refractivity contribution in [1.29, 1.82) is 0 Å². The van der Waals surface area contributed by atoms with Crippen LogP contribution >= 0.6 is 0 Å². The van der Waals surface area contributed by atoms with Crippen LogP contribution in [0.3, 0.4) is 0 Å². The molecule has 0 saturated carbocycles. The van der Waals surface area contributed by atoms with Crippen LogP contribution in [0.2, 0.25) is 0 Å². The second kappa shape index (κ2) is 7.81. The van der Waals surface area contributed by atoms with Gasteiger partial charge in [0, 0.05) is 18.6 Å². The summed E-state index contributed by atoms with van der Waals surface area (Å²) in [5.74, 6) is 0.948. The van der Waals surface area contributed by atoms with Crippen LogP contribution < -0.4 is 10.5 Å². The van der Waals surface area contributed by atoms with E-state index in [0.29, 0.717) is 18.6 Å². The smallest absolute Gasteiger partial charge is 0.120 e. The second-order valence-corrected chi connectivity index (χ2v) is 6.43. The van der Waals surface area contributed by atoms with Gasteiger partial charge in [0.1, 0.15) is 5.75 Å². The van der Waals surface area contributed by atoms with Crippen molar-refractivity contribution in [3.8, 4) is 5.75 Å². The summed E-state index contributed by atoms with van der Waals surface area (Å²) in [6.07, 6.45) is 5.44. The van der Waals surface area contributed by atoms with Crippen molar-refractivity contribution in [2.75, 3.05) is 13.1 Å². The third-order valence-electron chi connectivity index (χ3n) is 4.34. The zero-order chi connectivity index (χ0) is 15.2. The summed E-state index contributed by atoms with van der Waals surface area (Å²) in [7, 11) is 0. The van der Waals surface area contributed by atoms with Gasteiger partial charge in [-0.3, -0.25) is 4.90 Å². The van der Waals surface area contributed by atoms with E-state index in [-0.39, 0.29) is 6.10 Å². The summed E-state index contributed by atoms with van der Waals surface area (Å²) in [6, 6.07) is 9.36. The zero-order valence-corrected chi connectivity index (χ0v) is 13.7. The average molecular weight is 290 g/mol. The Hall–Kier alpha value is -1.06. The third-order valence-corrected chi connectivity index (χ3v) is 4.34. The predicted molar refractivity (Wildman–Crippen MR) is 88.6 cm³/mol. The van der Waals surface area contributed by atoms with Crippen LogP contribution in [0.15, 0.2) is 24.3 Å². The lowest BCUT2D eigenvalue weighted by atomic mass is 10.0. The highest BCUT2D eigenvalue weighted by Gasteiger charge is 2.25. The fourth-order valence-electron chi connectivity index (χ4n) is 3.29. The van der Waals surface area contributed by atoms with Crippen molar-refractivity contribution in [3.05, 3.63) is 29.8 Å². The molecule has 1 heterocycles. The lowest BCUT2D eigenvalue weighted by molar-refractivity contribution is 0.150. The minimum atomic E-state index is 0.202. The first kappa shape index (κ1) is 16.3. The number of nitrogens with two attached hydrogens (primary N) is 1. The molecule has 0 amide bonds. The minimum Gasteiger partial charge on any atom is -0.491 e. The van der Waals surface area contributed by atoms with Crippen LogP contribution in [0.5, 0.6) is 5.75 Å². The average Bonchev–Trinajstić information content (AvgIpc) is 2.65. The summed E-state index contributed by atoms with van der Waals surface area (Å²) in [5, 5.41) is 0. The Kier molecular flexibility index (Phi) is 6.07. The molecule has 0 radical (unpaired) electrons. The van der Waals surface area contributed by atoms with Gasteiger partial charge in [-0.25, -0.2) is 0 Å². The van der Waals surface area contributed by atoms with E-state index in [0.717, 1.165) is 12.3 Å². The van der Waals surface area contributed by atoms with Crippen molar-refractivity contribution in [3.63, 3.8) is 0 Å². The Morgan fingerprint density at radius 2 is 2.10 bits per heavy atom. The van der Waals surface area contributed by atoms with Gasteiger partial charge in [0.25, 0.3) is 0 Å². The van der Waals surface area contributed by atoms with Crippen molar-refractivity contribution >= 4 is 0 Å². The number of ether oxygens (including phenoxy) is 1. The molecule has 1 aromatic carbocycles. The Balaban J connectivity index is 2.19. The van der Waals surface area contributed by atoms with Crippen molar-refractivity contribution in [2.24, 2.45) is 5.73 Å². The minimum absolute atomic E-state index is 0.202. The van der Waals surface area contributed by atoms with Crippen molar-refractivity contribution in [1.82, 2.24) is 4.90 Å². The van der Waals surface area contributed by atoms with Crippen molar-refractivity contribution in [2.45, 2.75) is 64.6 Å². The Morgan fingerprint density at radius 3 is 2.81 bits per heavy atom. The highest BCUT2D eigenvalue weighted by atomic mass is 16.5. The highest BCUT2D eigenvalue weighted by Crippen LogP contribution is 2.29. The maximum atomic E-state index is 6.12. The first-order chi connectivity index (χ1) is 10.1. The standard InChI is InChI=1S/C18H30N2O/c1-14(2)21-17-10-7-9-16(12-17)18(13-19)20-11-6-4-5-8-15(20)3/h7,9-10,12,14-15,18H,4-6,8,11,13,19H2,1-3H3. The summed E-state index contributed by atoms with van der Waals surface area (Å²) >= 11 is 0. The molecule has 2 unspecified atom stereocenters. The SMILES string of the molecule is CC(C)Oc1cccc(C(CN)N2CCCCCC2C)c1.